The third-order valence-corrected chi connectivity index (χ3v) is 5.92. The third-order valence-electron chi connectivity index (χ3n) is 5.57. The smallest absolute Gasteiger partial charge is 0.339 e. The number of hydrogen-bond acceptors (Lipinski definition) is 4. The van der Waals surface area contributed by atoms with E-state index in [0.717, 1.165) is 34.9 Å². The van der Waals surface area contributed by atoms with Gasteiger partial charge in [-0.25, -0.2) is 4.79 Å². The molecule has 1 unspecified atom stereocenters. The van der Waals surface area contributed by atoms with Gasteiger partial charge in [-0.15, -0.1) is 0 Å². The summed E-state index contributed by atoms with van der Waals surface area (Å²) in [5.41, 5.74) is 4.04. The fraction of sp³-hybridized carbons (Fsp3) is 0.273. The van der Waals surface area contributed by atoms with Gasteiger partial charge in [0.05, 0.1) is 17.4 Å². The number of halogens is 1. The Morgan fingerprint density at radius 1 is 1.11 bits per heavy atom. The van der Waals surface area contributed by atoms with Crippen molar-refractivity contribution in [2.24, 2.45) is 0 Å². The van der Waals surface area contributed by atoms with Gasteiger partial charge in [-0.3, -0.25) is 4.79 Å². The summed E-state index contributed by atoms with van der Waals surface area (Å²) < 4.78 is 11.9. The second-order valence-corrected chi connectivity index (χ2v) is 7.63. The molecular weight excluding hydrogens is 364 g/mol. The van der Waals surface area contributed by atoms with Crippen molar-refractivity contribution in [1.82, 2.24) is 0 Å². The fourth-order valence-electron chi connectivity index (χ4n) is 4.36. The van der Waals surface area contributed by atoms with E-state index in [2.05, 4.69) is 0 Å². The van der Waals surface area contributed by atoms with E-state index in [4.69, 9.17) is 20.8 Å². The Bertz CT molecular complexity index is 1180. The Balaban J connectivity index is 1.79. The topological polar surface area (TPSA) is 56.5 Å². The molecule has 0 N–H and O–H groups in total. The molecule has 1 aliphatic heterocycles. The highest BCUT2D eigenvalue weighted by Gasteiger charge is 2.34. The molecule has 0 saturated carbocycles. The van der Waals surface area contributed by atoms with E-state index in [9.17, 15) is 9.59 Å². The van der Waals surface area contributed by atoms with Crippen LogP contribution in [-0.2, 0) is 12.8 Å². The molecule has 2 aromatic carbocycles. The van der Waals surface area contributed by atoms with E-state index in [0.29, 0.717) is 33.9 Å². The average Bonchev–Trinajstić information content (AvgIpc) is 3.11. The summed E-state index contributed by atoms with van der Waals surface area (Å²) in [6.07, 6.45) is 2.19. The molecular formula is C22H17ClO4. The van der Waals surface area contributed by atoms with E-state index in [1.54, 1.807) is 12.1 Å². The van der Waals surface area contributed by atoms with Gasteiger partial charge in [0.25, 0.3) is 0 Å². The standard InChI is InChI=1S/C22H17ClO4/c1-11-9-18-20(12-6-4-7-13(12)22(25)27-18)21-19(11)16(24)10-17(26-21)14-5-2-3-8-15(14)23/h2-3,5,8-9,17H,4,6-7,10H2,1H3. The lowest BCUT2D eigenvalue weighted by molar-refractivity contribution is 0.0852. The average molecular weight is 381 g/mol. The summed E-state index contributed by atoms with van der Waals surface area (Å²) in [6.45, 7) is 1.85. The molecule has 0 amide bonds. The summed E-state index contributed by atoms with van der Waals surface area (Å²) >= 11 is 6.35. The number of carbonyl (C=O) groups excluding carboxylic acids is 1. The number of carbonyl (C=O) groups is 1. The highest BCUT2D eigenvalue weighted by molar-refractivity contribution is 6.31. The van der Waals surface area contributed by atoms with Crippen LogP contribution in [0.15, 0.2) is 39.5 Å². The van der Waals surface area contributed by atoms with Crippen molar-refractivity contribution in [2.75, 3.05) is 0 Å². The number of fused-ring (bicyclic) bond motifs is 5. The van der Waals surface area contributed by atoms with E-state index >= 15 is 0 Å². The minimum Gasteiger partial charge on any atom is -0.484 e. The fourth-order valence-corrected chi connectivity index (χ4v) is 4.62. The van der Waals surface area contributed by atoms with Crippen molar-refractivity contribution >= 4 is 28.4 Å². The number of rotatable bonds is 1. The maximum atomic E-state index is 13.0. The maximum Gasteiger partial charge on any atom is 0.339 e. The molecule has 0 bridgehead atoms. The summed E-state index contributed by atoms with van der Waals surface area (Å²) in [4.78, 5) is 25.3. The van der Waals surface area contributed by atoms with Crippen LogP contribution in [0.5, 0.6) is 5.75 Å². The van der Waals surface area contributed by atoms with Crippen LogP contribution in [0.3, 0.4) is 0 Å². The highest BCUT2D eigenvalue weighted by Crippen LogP contribution is 2.45. The van der Waals surface area contributed by atoms with Gasteiger partial charge in [0.15, 0.2) is 5.78 Å². The highest BCUT2D eigenvalue weighted by atomic mass is 35.5. The summed E-state index contributed by atoms with van der Waals surface area (Å²) in [6, 6.07) is 9.20. The molecule has 5 rings (SSSR count). The lowest BCUT2D eigenvalue weighted by Crippen LogP contribution is -2.22. The molecule has 0 fully saturated rings. The van der Waals surface area contributed by atoms with E-state index < -0.39 is 6.10 Å². The summed E-state index contributed by atoms with van der Waals surface area (Å²) in [5, 5.41) is 1.35. The van der Waals surface area contributed by atoms with Gasteiger partial charge < -0.3 is 9.15 Å². The molecule has 27 heavy (non-hydrogen) atoms. The SMILES string of the molecule is Cc1cc2oc(=O)c3c(c2c2c1C(=O)CC(c1ccccc1Cl)O2)CCC3. The molecule has 2 aliphatic rings. The predicted octanol–water partition coefficient (Wildman–Crippen LogP) is 4.95. The van der Waals surface area contributed by atoms with Gasteiger partial charge in [0.1, 0.15) is 17.4 Å². The number of aryl methyl sites for hydroxylation is 2. The van der Waals surface area contributed by atoms with Crippen LogP contribution in [0, 0.1) is 6.92 Å². The van der Waals surface area contributed by atoms with Crippen molar-refractivity contribution < 1.29 is 13.9 Å². The largest absolute Gasteiger partial charge is 0.484 e. The van der Waals surface area contributed by atoms with Crippen molar-refractivity contribution in [1.29, 1.82) is 0 Å². The molecule has 2 heterocycles. The molecule has 1 atom stereocenters. The van der Waals surface area contributed by atoms with Gasteiger partial charge in [0, 0.05) is 16.1 Å². The maximum absolute atomic E-state index is 13.0. The summed E-state index contributed by atoms with van der Waals surface area (Å²) in [5.74, 6) is 0.562. The van der Waals surface area contributed by atoms with Crippen LogP contribution in [-0.4, -0.2) is 5.78 Å². The minimum absolute atomic E-state index is 0.0264. The first-order valence-electron chi connectivity index (χ1n) is 9.11. The molecule has 0 saturated heterocycles. The molecule has 1 aliphatic carbocycles. The Morgan fingerprint density at radius 2 is 1.89 bits per heavy atom. The Kier molecular flexibility index (Phi) is 3.66. The molecule has 136 valence electrons. The van der Waals surface area contributed by atoms with Crippen LogP contribution in [0.1, 0.15) is 51.6 Å². The van der Waals surface area contributed by atoms with Crippen LogP contribution >= 0.6 is 11.6 Å². The van der Waals surface area contributed by atoms with Crippen molar-refractivity contribution in [3.8, 4) is 5.75 Å². The van der Waals surface area contributed by atoms with Crippen LogP contribution in [0.4, 0.5) is 0 Å². The Morgan fingerprint density at radius 3 is 2.70 bits per heavy atom. The normalized spacial score (nSPS) is 18.3. The van der Waals surface area contributed by atoms with E-state index in [1.165, 1.54) is 0 Å². The van der Waals surface area contributed by atoms with Gasteiger partial charge in [-0.1, -0.05) is 29.8 Å². The molecule has 5 heteroatoms. The van der Waals surface area contributed by atoms with Gasteiger partial charge in [-0.2, -0.15) is 0 Å². The van der Waals surface area contributed by atoms with Crippen molar-refractivity contribution in [3.05, 3.63) is 73.6 Å². The van der Waals surface area contributed by atoms with Crippen LogP contribution < -0.4 is 10.4 Å². The zero-order valence-corrected chi connectivity index (χ0v) is 15.6. The van der Waals surface area contributed by atoms with Crippen LogP contribution in [0.2, 0.25) is 5.02 Å². The quantitative estimate of drug-likeness (QED) is 0.560. The molecule has 3 aromatic rings. The van der Waals surface area contributed by atoms with Gasteiger partial charge in [-0.05, 0) is 49.4 Å². The molecule has 4 nitrogen and oxygen atoms in total. The third kappa shape index (κ3) is 2.43. The second kappa shape index (κ2) is 5.96. The first kappa shape index (κ1) is 16.6. The number of ether oxygens (including phenoxy) is 1. The summed E-state index contributed by atoms with van der Waals surface area (Å²) in [7, 11) is 0. The van der Waals surface area contributed by atoms with Crippen molar-refractivity contribution in [2.45, 2.75) is 38.7 Å². The first-order valence-corrected chi connectivity index (χ1v) is 9.49. The minimum atomic E-state index is -0.451. The number of hydrogen-bond donors (Lipinski definition) is 0. The zero-order chi connectivity index (χ0) is 18.7. The van der Waals surface area contributed by atoms with Gasteiger partial charge >= 0.3 is 5.63 Å². The monoisotopic (exact) mass is 380 g/mol. The Hall–Kier alpha value is -2.59. The lowest BCUT2D eigenvalue weighted by Gasteiger charge is -2.28. The van der Waals surface area contributed by atoms with Crippen LogP contribution in [0.25, 0.3) is 11.0 Å². The number of ketones is 1. The van der Waals surface area contributed by atoms with E-state index in [-0.39, 0.29) is 17.8 Å². The number of benzene rings is 2. The van der Waals surface area contributed by atoms with E-state index in [1.807, 2.05) is 25.1 Å². The first-order chi connectivity index (χ1) is 13.0. The lowest BCUT2D eigenvalue weighted by atomic mass is 9.90. The van der Waals surface area contributed by atoms with Crippen molar-refractivity contribution in [3.63, 3.8) is 0 Å². The number of Topliss-reactive ketones (excluding diaryl/α,β-unsaturated/α-hetero) is 1. The molecule has 0 spiro atoms. The predicted molar refractivity (Wildman–Crippen MR) is 103 cm³/mol. The second-order valence-electron chi connectivity index (χ2n) is 7.23. The molecule has 1 aromatic heterocycles. The molecule has 0 radical (unpaired) electrons. The van der Waals surface area contributed by atoms with Gasteiger partial charge in [0.2, 0.25) is 0 Å². The zero-order valence-electron chi connectivity index (χ0n) is 14.8. The Labute approximate surface area is 160 Å².